The third-order valence-electron chi connectivity index (χ3n) is 2.44. The van der Waals surface area contributed by atoms with Crippen molar-refractivity contribution in [2.45, 2.75) is 48.0 Å². The van der Waals surface area contributed by atoms with Crippen molar-refractivity contribution < 1.29 is 4.79 Å². The third-order valence-corrected chi connectivity index (χ3v) is 2.44. The summed E-state index contributed by atoms with van der Waals surface area (Å²) in [6, 6.07) is 0. The fourth-order valence-electron chi connectivity index (χ4n) is 1.27. The standard InChI is InChI=1S/C12H22O/c1-7-12(5,6)11(13)10(4)8-9(2)3/h8-9H,7H2,1-6H3. The highest BCUT2D eigenvalue weighted by Crippen LogP contribution is 2.25. The molecule has 0 aliphatic rings. The highest BCUT2D eigenvalue weighted by atomic mass is 16.1. The average molecular weight is 182 g/mol. The van der Waals surface area contributed by atoms with Gasteiger partial charge < -0.3 is 0 Å². The van der Waals surface area contributed by atoms with E-state index in [2.05, 4.69) is 20.8 Å². The third kappa shape index (κ3) is 3.75. The van der Waals surface area contributed by atoms with Crippen LogP contribution in [0.3, 0.4) is 0 Å². The van der Waals surface area contributed by atoms with Gasteiger partial charge in [0.15, 0.2) is 5.78 Å². The molecule has 0 fully saturated rings. The van der Waals surface area contributed by atoms with E-state index in [4.69, 9.17) is 0 Å². The first-order chi connectivity index (χ1) is 5.81. The molecule has 1 nitrogen and oxygen atoms in total. The fraction of sp³-hybridized carbons (Fsp3) is 0.750. The number of rotatable bonds is 4. The Morgan fingerprint density at radius 1 is 1.38 bits per heavy atom. The van der Waals surface area contributed by atoms with E-state index in [1.54, 1.807) is 0 Å². The van der Waals surface area contributed by atoms with Gasteiger partial charge in [-0.1, -0.05) is 40.7 Å². The summed E-state index contributed by atoms with van der Waals surface area (Å²) in [7, 11) is 0. The molecule has 0 N–H and O–H groups in total. The van der Waals surface area contributed by atoms with E-state index in [1.165, 1.54) is 0 Å². The predicted molar refractivity (Wildman–Crippen MR) is 57.7 cm³/mol. The van der Waals surface area contributed by atoms with Crippen molar-refractivity contribution in [2.75, 3.05) is 0 Å². The van der Waals surface area contributed by atoms with Gasteiger partial charge >= 0.3 is 0 Å². The minimum Gasteiger partial charge on any atom is -0.294 e. The van der Waals surface area contributed by atoms with Gasteiger partial charge in [-0.3, -0.25) is 4.79 Å². The van der Waals surface area contributed by atoms with Crippen molar-refractivity contribution in [1.29, 1.82) is 0 Å². The van der Waals surface area contributed by atoms with Gasteiger partial charge in [0.1, 0.15) is 0 Å². The Labute approximate surface area is 82.2 Å². The second-order valence-corrected chi connectivity index (χ2v) is 4.66. The van der Waals surface area contributed by atoms with Gasteiger partial charge in [0.05, 0.1) is 0 Å². The summed E-state index contributed by atoms with van der Waals surface area (Å²) in [5.41, 5.74) is 0.706. The molecule has 0 aromatic rings. The lowest BCUT2D eigenvalue weighted by atomic mass is 9.81. The van der Waals surface area contributed by atoms with Crippen LogP contribution in [-0.4, -0.2) is 5.78 Å². The van der Waals surface area contributed by atoms with E-state index >= 15 is 0 Å². The van der Waals surface area contributed by atoms with Gasteiger partial charge in [-0.15, -0.1) is 0 Å². The van der Waals surface area contributed by atoms with Gasteiger partial charge in [0.25, 0.3) is 0 Å². The van der Waals surface area contributed by atoms with Crippen LogP contribution in [0.4, 0.5) is 0 Å². The molecule has 0 aliphatic heterocycles. The first kappa shape index (κ1) is 12.4. The Balaban J connectivity index is 4.61. The van der Waals surface area contributed by atoms with E-state index in [9.17, 15) is 4.79 Å². The van der Waals surface area contributed by atoms with Crippen molar-refractivity contribution in [3.05, 3.63) is 11.6 Å². The molecule has 0 saturated heterocycles. The van der Waals surface area contributed by atoms with Gasteiger partial charge in [-0.05, 0) is 24.8 Å². The number of ketones is 1. The maximum absolute atomic E-state index is 11.9. The molecular formula is C12H22O. The second kappa shape index (κ2) is 4.59. The summed E-state index contributed by atoms with van der Waals surface area (Å²) in [5.74, 6) is 0.736. The number of allylic oxidation sites excluding steroid dienone is 2. The molecule has 0 rings (SSSR count). The molecule has 0 aromatic carbocycles. The van der Waals surface area contributed by atoms with Crippen LogP contribution in [0.1, 0.15) is 48.0 Å². The van der Waals surface area contributed by atoms with Crippen LogP contribution in [0.25, 0.3) is 0 Å². The Bertz CT molecular complexity index is 209. The van der Waals surface area contributed by atoms with Gasteiger partial charge in [0.2, 0.25) is 0 Å². The summed E-state index contributed by atoms with van der Waals surface area (Å²) < 4.78 is 0. The molecule has 0 radical (unpaired) electrons. The van der Waals surface area contributed by atoms with E-state index in [0.717, 1.165) is 12.0 Å². The van der Waals surface area contributed by atoms with E-state index in [1.807, 2.05) is 26.8 Å². The van der Waals surface area contributed by atoms with Crippen LogP contribution in [0.2, 0.25) is 0 Å². The maximum Gasteiger partial charge on any atom is 0.163 e. The second-order valence-electron chi connectivity index (χ2n) is 4.66. The predicted octanol–water partition coefficient (Wildman–Crippen LogP) is 3.59. The summed E-state index contributed by atoms with van der Waals surface area (Å²) in [5, 5.41) is 0. The lowest BCUT2D eigenvalue weighted by Gasteiger charge is -2.21. The summed E-state index contributed by atoms with van der Waals surface area (Å²) in [4.78, 5) is 11.9. The van der Waals surface area contributed by atoms with E-state index < -0.39 is 0 Å². The fourth-order valence-corrected chi connectivity index (χ4v) is 1.27. The number of hydrogen-bond acceptors (Lipinski definition) is 1. The number of carbonyl (C=O) groups is 1. The molecule has 0 aromatic heterocycles. The number of hydrogen-bond donors (Lipinski definition) is 0. The Kier molecular flexibility index (Phi) is 4.38. The van der Waals surface area contributed by atoms with Crippen molar-refractivity contribution >= 4 is 5.78 Å². The number of carbonyl (C=O) groups excluding carboxylic acids is 1. The van der Waals surface area contributed by atoms with E-state index in [-0.39, 0.29) is 11.2 Å². The molecule has 0 saturated carbocycles. The van der Waals surface area contributed by atoms with E-state index in [0.29, 0.717) is 5.92 Å². The SMILES string of the molecule is CCC(C)(C)C(=O)C(C)=CC(C)C. The molecule has 0 bridgehead atoms. The summed E-state index contributed by atoms with van der Waals surface area (Å²) >= 11 is 0. The zero-order chi connectivity index (χ0) is 10.6. The maximum atomic E-state index is 11.9. The first-order valence-corrected chi connectivity index (χ1v) is 5.04. The lowest BCUT2D eigenvalue weighted by Crippen LogP contribution is -2.24. The zero-order valence-electron chi connectivity index (χ0n) is 9.77. The van der Waals surface area contributed by atoms with Crippen LogP contribution in [0.5, 0.6) is 0 Å². The molecule has 0 unspecified atom stereocenters. The van der Waals surface area contributed by atoms with Gasteiger partial charge in [-0.2, -0.15) is 0 Å². The number of Topliss-reactive ketones (excluding diaryl/α,β-unsaturated/α-hetero) is 1. The highest BCUT2D eigenvalue weighted by molar-refractivity contribution is 5.98. The van der Waals surface area contributed by atoms with Crippen LogP contribution in [0, 0.1) is 11.3 Å². The van der Waals surface area contributed by atoms with Crippen LogP contribution in [0.15, 0.2) is 11.6 Å². The highest BCUT2D eigenvalue weighted by Gasteiger charge is 2.25. The first-order valence-electron chi connectivity index (χ1n) is 5.04. The normalized spacial score (nSPS) is 13.6. The van der Waals surface area contributed by atoms with Gasteiger partial charge in [-0.25, -0.2) is 0 Å². The van der Waals surface area contributed by atoms with Gasteiger partial charge in [0, 0.05) is 5.41 Å². The van der Waals surface area contributed by atoms with Crippen molar-refractivity contribution in [2.24, 2.45) is 11.3 Å². The Hall–Kier alpha value is -0.590. The quantitative estimate of drug-likeness (QED) is 0.607. The monoisotopic (exact) mass is 182 g/mol. The minimum atomic E-state index is -0.199. The minimum absolute atomic E-state index is 0.199. The van der Waals surface area contributed by atoms with Crippen molar-refractivity contribution in [1.82, 2.24) is 0 Å². The Morgan fingerprint density at radius 3 is 2.15 bits per heavy atom. The Morgan fingerprint density at radius 2 is 1.85 bits per heavy atom. The van der Waals surface area contributed by atoms with Crippen LogP contribution in [-0.2, 0) is 4.79 Å². The molecule has 0 spiro atoms. The largest absolute Gasteiger partial charge is 0.294 e. The van der Waals surface area contributed by atoms with Crippen LogP contribution >= 0.6 is 0 Å². The lowest BCUT2D eigenvalue weighted by molar-refractivity contribution is -0.123. The topological polar surface area (TPSA) is 17.1 Å². The molecule has 0 amide bonds. The molecule has 0 aliphatic carbocycles. The zero-order valence-corrected chi connectivity index (χ0v) is 9.77. The molecule has 13 heavy (non-hydrogen) atoms. The van der Waals surface area contributed by atoms with Crippen LogP contribution < -0.4 is 0 Å². The molecule has 76 valence electrons. The molecule has 0 atom stereocenters. The van der Waals surface area contributed by atoms with Crippen molar-refractivity contribution in [3.8, 4) is 0 Å². The smallest absolute Gasteiger partial charge is 0.163 e. The summed E-state index contributed by atoms with van der Waals surface area (Å²) in [6.45, 7) is 12.2. The average Bonchev–Trinajstić information content (AvgIpc) is 2.01. The molecule has 1 heteroatoms. The van der Waals surface area contributed by atoms with Crippen molar-refractivity contribution in [3.63, 3.8) is 0 Å². The molecular weight excluding hydrogens is 160 g/mol. The summed E-state index contributed by atoms with van der Waals surface area (Å²) in [6.07, 6.45) is 2.94. The molecule has 0 heterocycles.